The molecule has 166 valence electrons. The minimum Gasteiger partial charge on any atom is -0.344 e. The molecule has 4 aromatic carbocycles. The van der Waals surface area contributed by atoms with E-state index in [9.17, 15) is 14.4 Å². The van der Waals surface area contributed by atoms with Crippen molar-refractivity contribution in [2.24, 2.45) is 0 Å². The van der Waals surface area contributed by atoms with Crippen LogP contribution >= 0.6 is 0 Å². The number of rotatable bonds is 6. The molecule has 33 heavy (non-hydrogen) atoms. The summed E-state index contributed by atoms with van der Waals surface area (Å²) >= 11 is 0. The Labute approximate surface area is 192 Å². The first-order valence-corrected chi connectivity index (χ1v) is 10.8. The maximum absolute atomic E-state index is 12.5. The van der Waals surface area contributed by atoms with E-state index in [1.165, 1.54) is 0 Å². The minimum absolute atomic E-state index is 0.128. The molecule has 0 fully saturated rings. The Bertz CT molecular complexity index is 1320. The van der Waals surface area contributed by atoms with Crippen molar-refractivity contribution in [3.63, 3.8) is 0 Å². The van der Waals surface area contributed by atoms with E-state index >= 15 is 0 Å². The number of hydrazine groups is 1. The second-order valence-corrected chi connectivity index (χ2v) is 7.96. The number of hydrogen-bond donors (Lipinski definition) is 3. The average Bonchev–Trinajstić information content (AvgIpc) is 2.83. The van der Waals surface area contributed by atoms with Crippen LogP contribution in [0, 0.1) is 0 Å². The first-order valence-electron chi connectivity index (χ1n) is 10.8. The zero-order chi connectivity index (χ0) is 23.2. The Balaban J connectivity index is 1.29. The van der Waals surface area contributed by atoms with E-state index in [-0.39, 0.29) is 24.7 Å². The second-order valence-electron chi connectivity index (χ2n) is 7.96. The van der Waals surface area contributed by atoms with Gasteiger partial charge in [0.2, 0.25) is 11.8 Å². The molecule has 0 aromatic heterocycles. The molecule has 0 aliphatic heterocycles. The number of hydrogen-bond acceptors (Lipinski definition) is 3. The molecule has 0 spiro atoms. The predicted molar refractivity (Wildman–Crippen MR) is 129 cm³/mol. The van der Waals surface area contributed by atoms with Gasteiger partial charge >= 0.3 is 0 Å². The lowest BCUT2D eigenvalue weighted by atomic mass is 10.0. The number of nitrogens with one attached hydrogen (secondary N) is 3. The molecule has 6 nitrogen and oxygen atoms in total. The normalized spacial score (nSPS) is 11.7. The van der Waals surface area contributed by atoms with Crippen LogP contribution in [0.4, 0.5) is 0 Å². The fourth-order valence-electron chi connectivity index (χ4n) is 3.88. The fourth-order valence-corrected chi connectivity index (χ4v) is 3.88. The third kappa shape index (κ3) is 5.36. The molecule has 0 aliphatic carbocycles. The highest BCUT2D eigenvalue weighted by molar-refractivity contribution is 5.94. The van der Waals surface area contributed by atoms with Crippen LogP contribution < -0.4 is 16.2 Å². The number of fused-ring (bicyclic) bond motifs is 2. The zero-order valence-electron chi connectivity index (χ0n) is 18.3. The van der Waals surface area contributed by atoms with Crippen molar-refractivity contribution in [2.45, 2.75) is 25.8 Å². The summed E-state index contributed by atoms with van der Waals surface area (Å²) in [6.07, 6.45) is 0.288. The third-order valence-electron chi connectivity index (χ3n) is 5.56. The van der Waals surface area contributed by atoms with Crippen molar-refractivity contribution in [1.29, 1.82) is 0 Å². The molecule has 3 N–H and O–H groups in total. The SMILES string of the molecule is C[C@@H](NC(=O)Cc1cccc2ccccc12)C(=O)NNC(=O)Cc1cccc2ccccc12. The first kappa shape index (κ1) is 22.0. The van der Waals surface area contributed by atoms with Gasteiger partial charge in [0.05, 0.1) is 12.8 Å². The van der Waals surface area contributed by atoms with Crippen LogP contribution in [0.5, 0.6) is 0 Å². The van der Waals surface area contributed by atoms with Crippen molar-refractivity contribution in [1.82, 2.24) is 16.2 Å². The lowest BCUT2D eigenvalue weighted by Gasteiger charge is -2.15. The molecule has 0 saturated carbocycles. The molecule has 4 rings (SSSR count). The van der Waals surface area contributed by atoms with Crippen molar-refractivity contribution in [2.75, 3.05) is 0 Å². The second kappa shape index (κ2) is 9.96. The molecular weight excluding hydrogens is 414 g/mol. The van der Waals surface area contributed by atoms with E-state index in [0.29, 0.717) is 0 Å². The Morgan fingerprint density at radius 3 is 1.70 bits per heavy atom. The summed E-state index contributed by atoms with van der Waals surface area (Å²) < 4.78 is 0. The molecule has 4 aromatic rings. The van der Waals surface area contributed by atoms with Gasteiger partial charge in [0.15, 0.2) is 0 Å². The van der Waals surface area contributed by atoms with E-state index in [1.807, 2.05) is 84.9 Å². The summed E-state index contributed by atoms with van der Waals surface area (Å²) in [7, 11) is 0. The molecule has 0 radical (unpaired) electrons. The van der Waals surface area contributed by atoms with Gasteiger partial charge in [-0.25, -0.2) is 0 Å². The quantitative estimate of drug-likeness (QED) is 0.402. The number of benzene rings is 4. The summed E-state index contributed by atoms with van der Waals surface area (Å²) in [5, 5.41) is 6.80. The van der Waals surface area contributed by atoms with Gasteiger partial charge in [-0.2, -0.15) is 0 Å². The summed E-state index contributed by atoms with van der Waals surface area (Å²) in [5.41, 5.74) is 6.59. The summed E-state index contributed by atoms with van der Waals surface area (Å²) in [6, 6.07) is 26.5. The minimum atomic E-state index is -0.801. The van der Waals surface area contributed by atoms with Crippen LogP contribution in [0.2, 0.25) is 0 Å². The van der Waals surface area contributed by atoms with E-state index in [1.54, 1.807) is 6.92 Å². The van der Waals surface area contributed by atoms with E-state index in [0.717, 1.165) is 32.7 Å². The van der Waals surface area contributed by atoms with Gasteiger partial charge in [-0.05, 0) is 39.6 Å². The average molecular weight is 440 g/mol. The number of carbonyl (C=O) groups is 3. The standard InChI is InChI=1S/C27H25N3O3/c1-18(28-25(31)16-21-12-6-10-19-8-2-4-14-23(19)21)27(33)30-29-26(32)17-22-13-7-11-20-9-3-5-15-24(20)22/h2-15,18H,16-17H2,1H3,(H,28,31)(H,29,32)(H,30,33)/t18-/m1/s1. The maximum atomic E-state index is 12.5. The number of amides is 3. The van der Waals surface area contributed by atoms with Crippen molar-refractivity contribution < 1.29 is 14.4 Å². The predicted octanol–water partition coefficient (Wildman–Crippen LogP) is 3.43. The van der Waals surface area contributed by atoms with E-state index < -0.39 is 11.9 Å². The molecule has 1 atom stereocenters. The topological polar surface area (TPSA) is 87.3 Å². The van der Waals surface area contributed by atoms with Gasteiger partial charge < -0.3 is 5.32 Å². The molecular formula is C27H25N3O3. The van der Waals surface area contributed by atoms with Crippen molar-refractivity contribution in [3.05, 3.63) is 96.1 Å². The highest BCUT2D eigenvalue weighted by atomic mass is 16.2. The zero-order valence-corrected chi connectivity index (χ0v) is 18.3. The van der Waals surface area contributed by atoms with Gasteiger partial charge in [0.1, 0.15) is 6.04 Å². The molecule has 0 bridgehead atoms. The van der Waals surface area contributed by atoms with Gasteiger partial charge in [-0.3, -0.25) is 25.2 Å². The van der Waals surface area contributed by atoms with Crippen LogP contribution in [0.15, 0.2) is 84.9 Å². The monoisotopic (exact) mass is 439 g/mol. The van der Waals surface area contributed by atoms with Crippen molar-refractivity contribution >= 4 is 39.3 Å². The smallest absolute Gasteiger partial charge is 0.260 e. The Morgan fingerprint density at radius 2 is 1.12 bits per heavy atom. The van der Waals surface area contributed by atoms with E-state index in [2.05, 4.69) is 16.2 Å². The maximum Gasteiger partial charge on any atom is 0.260 e. The molecule has 6 heteroatoms. The Kier molecular flexibility index (Phi) is 6.64. The third-order valence-corrected chi connectivity index (χ3v) is 5.56. The fraction of sp³-hybridized carbons (Fsp3) is 0.148. The van der Waals surface area contributed by atoms with Crippen LogP contribution in [-0.2, 0) is 27.2 Å². The summed E-state index contributed by atoms with van der Waals surface area (Å²) in [6.45, 7) is 1.58. The lowest BCUT2D eigenvalue weighted by Crippen LogP contribution is -2.51. The van der Waals surface area contributed by atoms with Gasteiger partial charge in [0, 0.05) is 0 Å². The van der Waals surface area contributed by atoms with Gasteiger partial charge in [0.25, 0.3) is 5.91 Å². The lowest BCUT2D eigenvalue weighted by molar-refractivity contribution is -0.131. The van der Waals surface area contributed by atoms with Crippen molar-refractivity contribution in [3.8, 4) is 0 Å². The highest BCUT2D eigenvalue weighted by Gasteiger charge is 2.17. The van der Waals surface area contributed by atoms with E-state index in [4.69, 9.17) is 0 Å². The molecule has 0 heterocycles. The summed E-state index contributed by atoms with van der Waals surface area (Å²) in [4.78, 5) is 37.2. The summed E-state index contributed by atoms with van der Waals surface area (Å²) in [5.74, 6) is -1.10. The van der Waals surface area contributed by atoms with Crippen LogP contribution in [-0.4, -0.2) is 23.8 Å². The molecule has 0 unspecified atom stereocenters. The van der Waals surface area contributed by atoms with Crippen LogP contribution in [0.1, 0.15) is 18.1 Å². The molecule has 3 amide bonds. The van der Waals surface area contributed by atoms with Crippen LogP contribution in [0.3, 0.4) is 0 Å². The van der Waals surface area contributed by atoms with Gasteiger partial charge in [-0.1, -0.05) is 84.9 Å². The first-order chi connectivity index (χ1) is 16.0. The van der Waals surface area contributed by atoms with Gasteiger partial charge in [-0.15, -0.1) is 0 Å². The van der Waals surface area contributed by atoms with Crippen LogP contribution in [0.25, 0.3) is 21.5 Å². The Morgan fingerprint density at radius 1 is 0.636 bits per heavy atom. The Hall–Kier alpha value is -4.19. The highest BCUT2D eigenvalue weighted by Crippen LogP contribution is 2.19. The molecule has 0 aliphatic rings. The largest absolute Gasteiger partial charge is 0.344 e. The molecule has 0 saturated heterocycles. The number of carbonyl (C=O) groups excluding carboxylic acids is 3.